The molecule has 0 radical (unpaired) electrons. The van der Waals surface area contributed by atoms with Crippen LogP contribution in [0.5, 0.6) is 0 Å². The van der Waals surface area contributed by atoms with Crippen LogP contribution >= 0.6 is 0 Å². The third-order valence-electron chi connectivity index (χ3n) is 3.77. The lowest BCUT2D eigenvalue weighted by Gasteiger charge is -2.04. The topological polar surface area (TPSA) is 70.5 Å². The van der Waals surface area contributed by atoms with Crippen molar-refractivity contribution in [1.82, 2.24) is 29.1 Å². The van der Waals surface area contributed by atoms with Crippen molar-refractivity contribution in [2.24, 2.45) is 7.05 Å². The molecular formula is C16H13FN6O. The van der Waals surface area contributed by atoms with E-state index in [0.717, 1.165) is 0 Å². The van der Waals surface area contributed by atoms with Crippen LogP contribution in [0.4, 0.5) is 4.39 Å². The average molecular weight is 324 g/mol. The van der Waals surface area contributed by atoms with Gasteiger partial charge in [-0.05, 0) is 24.3 Å². The SMILES string of the molecule is Cn1ncc2c(=O)n(Cc3ccn(-c4cccc(F)c4)n3)cnc21. The summed E-state index contributed by atoms with van der Waals surface area (Å²) >= 11 is 0. The molecule has 0 saturated heterocycles. The quantitative estimate of drug-likeness (QED) is 0.573. The molecule has 8 heteroatoms. The minimum atomic E-state index is -0.327. The van der Waals surface area contributed by atoms with Gasteiger partial charge in [0.05, 0.1) is 24.1 Å². The van der Waals surface area contributed by atoms with E-state index in [0.29, 0.717) is 22.4 Å². The van der Waals surface area contributed by atoms with E-state index < -0.39 is 0 Å². The molecular weight excluding hydrogens is 311 g/mol. The van der Waals surface area contributed by atoms with E-state index in [4.69, 9.17) is 0 Å². The molecule has 0 aliphatic carbocycles. The molecule has 0 saturated carbocycles. The fourth-order valence-corrected chi connectivity index (χ4v) is 2.56. The molecule has 0 aliphatic heterocycles. The first-order chi connectivity index (χ1) is 11.6. The predicted molar refractivity (Wildman–Crippen MR) is 85.4 cm³/mol. The van der Waals surface area contributed by atoms with Crippen LogP contribution in [0.15, 0.2) is 53.8 Å². The first-order valence-corrected chi connectivity index (χ1v) is 7.29. The Morgan fingerprint density at radius 2 is 2.12 bits per heavy atom. The summed E-state index contributed by atoms with van der Waals surface area (Å²) in [6.07, 6.45) is 4.71. The van der Waals surface area contributed by atoms with E-state index >= 15 is 0 Å². The number of aryl methyl sites for hydroxylation is 1. The number of hydrogen-bond donors (Lipinski definition) is 0. The maximum atomic E-state index is 13.3. The van der Waals surface area contributed by atoms with Gasteiger partial charge in [-0.15, -0.1) is 0 Å². The first-order valence-electron chi connectivity index (χ1n) is 7.29. The van der Waals surface area contributed by atoms with Gasteiger partial charge in [-0.1, -0.05) is 6.07 Å². The molecule has 24 heavy (non-hydrogen) atoms. The molecule has 3 heterocycles. The van der Waals surface area contributed by atoms with Gasteiger partial charge in [0.15, 0.2) is 5.65 Å². The molecule has 1 aromatic carbocycles. The van der Waals surface area contributed by atoms with E-state index in [1.807, 2.05) is 0 Å². The molecule has 4 rings (SSSR count). The molecule has 3 aromatic heterocycles. The van der Waals surface area contributed by atoms with Gasteiger partial charge in [0, 0.05) is 13.2 Å². The Morgan fingerprint density at radius 1 is 1.25 bits per heavy atom. The second kappa shape index (κ2) is 5.41. The summed E-state index contributed by atoms with van der Waals surface area (Å²) in [6, 6.07) is 7.94. The third kappa shape index (κ3) is 2.37. The predicted octanol–water partition coefficient (Wildman–Crippen LogP) is 1.50. The van der Waals surface area contributed by atoms with Gasteiger partial charge in [0.2, 0.25) is 0 Å². The summed E-state index contributed by atoms with van der Waals surface area (Å²) in [4.78, 5) is 16.7. The van der Waals surface area contributed by atoms with E-state index in [2.05, 4.69) is 15.2 Å². The molecule has 0 atom stereocenters. The van der Waals surface area contributed by atoms with Gasteiger partial charge in [-0.25, -0.2) is 14.1 Å². The third-order valence-corrected chi connectivity index (χ3v) is 3.77. The van der Waals surface area contributed by atoms with Crippen LogP contribution in [0.2, 0.25) is 0 Å². The van der Waals surface area contributed by atoms with Crippen molar-refractivity contribution in [3.8, 4) is 5.69 Å². The molecule has 4 aromatic rings. The molecule has 0 amide bonds. The van der Waals surface area contributed by atoms with Gasteiger partial charge in [0.25, 0.3) is 5.56 Å². The minimum absolute atomic E-state index is 0.173. The second-order valence-electron chi connectivity index (χ2n) is 5.41. The lowest BCUT2D eigenvalue weighted by molar-refractivity contribution is 0.625. The molecule has 0 N–H and O–H groups in total. The summed E-state index contributed by atoms with van der Waals surface area (Å²) in [5, 5.41) is 8.89. The van der Waals surface area contributed by atoms with Crippen molar-refractivity contribution in [2.75, 3.05) is 0 Å². The normalized spacial score (nSPS) is 11.2. The summed E-state index contributed by atoms with van der Waals surface area (Å²) in [7, 11) is 1.74. The van der Waals surface area contributed by atoms with E-state index in [9.17, 15) is 9.18 Å². The number of rotatable bonds is 3. The zero-order valence-electron chi connectivity index (χ0n) is 12.8. The summed E-state index contributed by atoms with van der Waals surface area (Å²) < 4.78 is 17.9. The van der Waals surface area contributed by atoms with Crippen LogP contribution < -0.4 is 5.56 Å². The molecule has 120 valence electrons. The molecule has 0 fully saturated rings. The Hall–Kier alpha value is -3.29. The number of benzene rings is 1. The smallest absolute Gasteiger partial charge is 0.264 e. The Kier molecular flexibility index (Phi) is 3.23. The fraction of sp³-hybridized carbons (Fsp3) is 0.125. The number of halogens is 1. The fourth-order valence-electron chi connectivity index (χ4n) is 2.56. The number of aromatic nitrogens is 6. The molecule has 0 aliphatic rings. The molecule has 0 unspecified atom stereocenters. The van der Waals surface area contributed by atoms with Crippen molar-refractivity contribution in [3.05, 3.63) is 70.9 Å². The molecule has 7 nitrogen and oxygen atoms in total. The zero-order valence-corrected chi connectivity index (χ0v) is 12.8. The van der Waals surface area contributed by atoms with Gasteiger partial charge >= 0.3 is 0 Å². The van der Waals surface area contributed by atoms with Crippen molar-refractivity contribution < 1.29 is 4.39 Å². The maximum Gasteiger partial charge on any atom is 0.264 e. The van der Waals surface area contributed by atoms with E-state index in [1.165, 1.54) is 29.2 Å². The standard InChI is InChI=1S/C16H13FN6O/c1-21-15-14(8-19-21)16(24)22(10-18-15)9-12-5-6-23(20-12)13-4-2-3-11(17)7-13/h2-8,10H,9H2,1H3. The second-order valence-corrected chi connectivity index (χ2v) is 5.41. The van der Waals surface area contributed by atoms with Crippen molar-refractivity contribution in [1.29, 1.82) is 0 Å². The zero-order chi connectivity index (χ0) is 16.7. The van der Waals surface area contributed by atoms with Gasteiger partial charge in [-0.3, -0.25) is 14.0 Å². The van der Waals surface area contributed by atoms with Gasteiger partial charge in [0.1, 0.15) is 17.5 Å². The van der Waals surface area contributed by atoms with E-state index in [-0.39, 0.29) is 17.9 Å². The maximum absolute atomic E-state index is 13.3. The lowest BCUT2D eigenvalue weighted by atomic mass is 10.3. The highest BCUT2D eigenvalue weighted by Gasteiger charge is 2.10. The number of hydrogen-bond acceptors (Lipinski definition) is 4. The van der Waals surface area contributed by atoms with Gasteiger partial charge in [-0.2, -0.15) is 10.2 Å². The largest absolute Gasteiger partial charge is 0.292 e. The molecule has 0 bridgehead atoms. The Bertz CT molecular complexity index is 1090. The van der Waals surface area contributed by atoms with Crippen LogP contribution in [0.1, 0.15) is 5.69 Å². The first kappa shape index (κ1) is 14.3. The van der Waals surface area contributed by atoms with Crippen LogP contribution in [0, 0.1) is 5.82 Å². The van der Waals surface area contributed by atoms with Crippen LogP contribution in [0.25, 0.3) is 16.7 Å². The highest BCUT2D eigenvalue weighted by atomic mass is 19.1. The monoisotopic (exact) mass is 324 g/mol. The van der Waals surface area contributed by atoms with Crippen molar-refractivity contribution in [2.45, 2.75) is 6.54 Å². The Morgan fingerprint density at radius 3 is 2.96 bits per heavy atom. The number of nitrogens with zero attached hydrogens (tertiary/aromatic N) is 6. The average Bonchev–Trinajstić information content (AvgIpc) is 3.18. The van der Waals surface area contributed by atoms with Crippen molar-refractivity contribution >= 4 is 11.0 Å². The van der Waals surface area contributed by atoms with Crippen LogP contribution in [0.3, 0.4) is 0 Å². The Balaban J connectivity index is 1.67. The van der Waals surface area contributed by atoms with Crippen LogP contribution in [-0.4, -0.2) is 29.1 Å². The summed E-state index contributed by atoms with van der Waals surface area (Å²) in [5.41, 5.74) is 1.66. The molecule has 0 spiro atoms. The minimum Gasteiger partial charge on any atom is -0.292 e. The highest BCUT2D eigenvalue weighted by Crippen LogP contribution is 2.10. The Labute approximate surface area is 135 Å². The van der Waals surface area contributed by atoms with Crippen LogP contribution in [-0.2, 0) is 13.6 Å². The van der Waals surface area contributed by atoms with Crippen molar-refractivity contribution in [3.63, 3.8) is 0 Å². The summed E-state index contributed by atoms with van der Waals surface area (Å²) in [5.74, 6) is -0.327. The van der Waals surface area contributed by atoms with Gasteiger partial charge < -0.3 is 0 Å². The lowest BCUT2D eigenvalue weighted by Crippen LogP contribution is -2.21. The highest BCUT2D eigenvalue weighted by molar-refractivity contribution is 5.72. The van der Waals surface area contributed by atoms with E-state index in [1.54, 1.807) is 40.8 Å². The summed E-state index contributed by atoms with van der Waals surface area (Å²) in [6.45, 7) is 0.277. The number of fused-ring (bicyclic) bond motifs is 1.